The smallest absolute Gasteiger partial charge is 0.326 e. The summed E-state index contributed by atoms with van der Waals surface area (Å²) in [6.45, 7) is 0. The molecule has 1 fully saturated rings. The van der Waals surface area contributed by atoms with E-state index >= 15 is 0 Å². The van der Waals surface area contributed by atoms with Crippen LogP contribution in [0.1, 0.15) is 6.42 Å². The standard InChI is InChI=1S/C13H12N2O4/c1-18-10(16)13(11(17)19-2)9-4-3-8(5-9)12(13,6-14)7-15/h3-4,8-9H,5H2,1-2H3. The van der Waals surface area contributed by atoms with Crippen molar-refractivity contribution < 1.29 is 19.1 Å². The average Bonchev–Trinajstić information content (AvgIpc) is 3.03. The van der Waals surface area contributed by atoms with E-state index in [0.29, 0.717) is 6.42 Å². The van der Waals surface area contributed by atoms with E-state index in [-0.39, 0.29) is 0 Å². The second-order valence-electron chi connectivity index (χ2n) is 4.66. The van der Waals surface area contributed by atoms with Gasteiger partial charge >= 0.3 is 11.9 Å². The Hall–Kier alpha value is -2.34. The first-order chi connectivity index (χ1) is 9.04. The van der Waals surface area contributed by atoms with E-state index in [1.807, 2.05) is 12.1 Å². The van der Waals surface area contributed by atoms with Crippen LogP contribution in [0, 0.1) is 45.3 Å². The van der Waals surface area contributed by atoms with Gasteiger partial charge in [0.15, 0.2) is 5.41 Å². The number of nitrogens with zero attached hydrogens (tertiary/aromatic N) is 2. The summed E-state index contributed by atoms with van der Waals surface area (Å²) in [5, 5.41) is 18.9. The van der Waals surface area contributed by atoms with Gasteiger partial charge in [0.2, 0.25) is 5.41 Å². The number of allylic oxidation sites excluding steroid dienone is 2. The molecule has 2 unspecified atom stereocenters. The molecule has 0 spiro atoms. The monoisotopic (exact) mass is 260 g/mol. The van der Waals surface area contributed by atoms with E-state index in [9.17, 15) is 20.1 Å². The molecule has 2 aliphatic carbocycles. The molecule has 0 saturated heterocycles. The minimum atomic E-state index is -1.89. The average molecular weight is 260 g/mol. The first-order valence-electron chi connectivity index (χ1n) is 5.72. The molecule has 2 atom stereocenters. The van der Waals surface area contributed by atoms with Crippen molar-refractivity contribution in [3.8, 4) is 12.1 Å². The summed E-state index contributed by atoms with van der Waals surface area (Å²) in [6, 6.07) is 3.73. The summed E-state index contributed by atoms with van der Waals surface area (Å²) in [4.78, 5) is 24.4. The van der Waals surface area contributed by atoms with Gasteiger partial charge in [-0.2, -0.15) is 10.5 Å². The lowest BCUT2D eigenvalue weighted by Gasteiger charge is -2.37. The van der Waals surface area contributed by atoms with E-state index in [2.05, 4.69) is 0 Å². The Balaban J connectivity index is 2.76. The predicted molar refractivity (Wildman–Crippen MR) is 60.9 cm³/mol. The van der Waals surface area contributed by atoms with Crippen LogP contribution in [0.15, 0.2) is 12.2 Å². The lowest BCUT2D eigenvalue weighted by Crippen LogP contribution is -2.55. The lowest BCUT2D eigenvalue weighted by molar-refractivity contribution is -0.176. The first kappa shape index (κ1) is 13.1. The van der Waals surface area contributed by atoms with Gasteiger partial charge in [-0.25, -0.2) is 0 Å². The fourth-order valence-corrected chi connectivity index (χ4v) is 3.32. The van der Waals surface area contributed by atoms with Crippen molar-refractivity contribution in [3.63, 3.8) is 0 Å². The SMILES string of the molecule is COC(=O)C1(C(=O)OC)C2C=CC(C2)C1(C#N)C#N. The van der Waals surface area contributed by atoms with Gasteiger partial charge in [0.25, 0.3) is 0 Å². The zero-order chi connectivity index (χ0) is 14.3. The molecular formula is C13H12N2O4. The zero-order valence-corrected chi connectivity index (χ0v) is 10.5. The molecule has 6 heteroatoms. The van der Waals surface area contributed by atoms with Crippen molar-refractivity contribution in [2.75, 3.05) is 14.2 Å². The maximum absolute atomic E-state index is 12.2. The van der Waals surface area contributed by atoms with Crippen LogP contribution in [0.4, 0.5) is 0 Å². The molecule has 1 saturated carbocycles. The Morgan fingerprint density at radius 3 is 2.00 bits per heavy atom. The molecule has 0 heterocycles. The van der Waals surface area contributed by atoms with E-state index < -0.39 is 34.6 Å². The maximum atomic E-state index is 12.2. The van der Waals surface area contributed by atoms with Crippen LogP contribution < -0.4 is 0 Å². The lowest BCUT2D eigenvalue weighted by atomic mass is 9.59. The molecule has 0 amide bonds. The molecule has 2 rings (SSSR count). The number of hydrogen-bond donors (Lipinski definition) is 0. The van der Waals surface area contributed by atoms with Crippen LogP contribution in [0.2, 0.25) is 0 Å². The van der Waals surface area contributed by atoms with Gasteiger partial charge in [-0.1, -0.05) is 12.2 Å². The Morgan fingerprint density at radius 2 is 1.58 bits per heavy atom. The number of fused-ring (bicyclic) bond motifs is 2. The van der Waals surface area contributed by atoms with Gasteiger partial charge in [0.1, 0.15) is 0 Å². The molecule has 2 bridgehead atoms. The quantitative estimate of drug-likeness (QED) is 0.408. The number of nitriles is 2. The van der Waals surface area contributed by atoms with Crippen molar-refractivity contribution in [2.24, 2.45) is 22.7 Å². The number of hydrogen-bond acceptors (Lipinski definition) is 6. The molecule has 98 valence electrons. The van der Waals surface area contributed by atoms with Crippen molar-refractivity contribution >= 4 is 11.9 Å². The Bertz CT molecular complexity index is 522. The molecule has 0 aromatic carbocycles. The largest absolute Gasteiger partial charge is 0.468 e. The molecule has 19 heavy (non-hydrogen) atoms. The summed E-state index contributed by atoms with van der Waals surface area (Å²) in [5.74, 6) is -2.79. The van der Waals surface area contributed by atoms with Crippen LogP contribution in [-0.4, -0.2) is 26.2 Å². The highest BCUT2D eigenvalue weighted by Gasteiger charge is 2.76. The molecule has 0 aromatic heterocycles. The van der Waals surface area contributed by atoms with Crippen molar-refractivity contribution in [2.45, 2.75) is 6.42 Å². The van der Waals surface area contributed by atoms with Gasteiger partial charge < -0.3 is 9.47 Å². The van der Waals surface area contributed by atoms with Crippen LogP contribution in [-0.2, 0) is 19.1 Å². The first-order valence-corrected chi connectivity index (χ1v) is 5.72. The van der Waals surface area contributed by atoms with Crippen LogP contribution in [0.3, 0.4) is 0 Å². The second-order valence-corrected chi connectivity index (χ2v) is 4.66. The summed E-state index contributed by atoms with van der Waals surface area (Å²) in [7, 11) is 2.25. The summed E-state index contributed by atoms with van der Waals surface area (Å²) in [6.07, 6.45) is 3.79. The van der Waals surface area contributed by atoms with Gasteiger partial charge in [-0.15, -0.1) is 0 Å². The summed E-state index contributed by atoms with van der Waals surface area (Å²) >= 11 is 0. The summed E-state index contributed by atoms with van der Waals surface area (Å²) < 4.78 is 9.39. The highest BCUT2D eigenvalue weighted by molar-refractivity contribution is 6.04. The molecule has 0 aliphatic heterocycles. The van der Waals surface area contributed by atoms with Crippen molar-refractivity contribution in [1.29, 1.82) is 10.5 Å². The number of carbonyl (C=O) groups is 2. The number of rotatable bonds is 2. The molecule has 0 aromatic rings. The van der Waals surface area contributed by atoms with Crippen molar-refractivity contribution in [3.05, 3.63) is 12.2 Å². The predicted octanol–water partition coefficient (Wildman–Crippen LogP) is 0.558. The molecular weight excluding hydrogens is 248 g/mol. The molecule has 0 radical (unpaired) electrons. The fourth-order valence-electron chi connectivity index (χ4n) is 3.32. The fraction of sp³-hybridized carbons (Fsp3) is 0.538. The number of esters is 2. The van der Waals surface area contributed by atoms with E-state index in [4.69, 9.17) is 9.47 Å². The Morgan fingerprint density at radius 1 is 1.11 bits per heavy atom. The Labute approximate surface area is 110 Å². The third-order valence-electron chi connectivity index (χ3n) is 4.19. The number of ether oxygens (including phenoxy) is 2. The topological polar surface area (TPSA) is 100 Å². The highest BCUT2D eigenvalue weighted by Crippen LogP contribution is 2.64. The van der Waals surface area contributed by atoms with Crippen molar-refractivity contribution in [1.82, 2.24) is 0 Å². The van der Waals surface area contributed by atoms with Crippen LogP contribution in [0.5, 0.6) is 0 Å². The van der Waals surface area contributed by atoms with Crippen LogP contribution in [0.25, 0.3) is 0 Å². The Kier molecular flexibility index (Phi) is 2.83. The number of carbonyl (C=O) groups excluding carboxylic acids is 2. The minimum absolute atomic E-state index is 0.394. The zero-order valence-electron chi connectivity index (χ0n) is 10.5. The third-order valence-corrected chi connectivity index (χ3v) is 4.19. The third kappa shape index (κ3) is 1.18. The normalized spacial score (nSPS) is 28.2. The second kappa shape index (κ2) is 4.10. The molecule has 0 N–H and O–H groups in total. The molecule has 2 aliphatic rings. The highest BCUT2D eigenvalue weighted by atomic mass is 16.5. The maximum Gasteiger partial charge on any atom is 0.326 e. The number of methoxy groups -OCH3 is 2. The van der Waals surface area contributed by atoms with E-state index in [1.54, 1.807) is 12.2 Å². The van der Waals surface area contributed by atoms with Gasteiger partial charge in [0, 0.05) is 11.8 Å². The molecule has 6 nitrogen and oxygen atoms in total. The van der Waals surface area contributed by atoms with Gasteiger partial charge in [-0.05, 0) is 6.42 Å². The van der Waals surface area contributed by atoms with Gasteiger partial charge in [-0.3, -0.25) is 9.59 Å². The summed E-state index contributed by atoms with van der Waals surface area (Å²) in [5.41, 5.74) is -3.66. The minimum Gasteiger partial charge on any atom is -0.468 e. The van der Waals surface area contributed by atoms with E-state index in [0.717, 1.165) is 14.2 Å². The van der Waals surface area contributed by atoms with Crippen LogP contribution >= 0.6 is 0 Å². The van der Waals surface area contributed by atoms with E-state index in [1.165, 1.54) is 0 Å². The van der Waals surface area contributed by atoms with Gasteiger partial charge in [0.05, 0.1) is 26.4 Å².